The number of benzene rings is 2. The third kappa shape index (κ3) is 4.59. The molecule has 3 rings (SSSR count). The lowest BCUT2D eigenvalue weighted by Gasteiger charge is -2.35. The van der Waals surface area contributed by atoms with Crippen LogP contribution in [0, 0.1) is 0 Å². The highest BCUT2D eigenvalue weighted by molar-refractivity contribution is 5.87. The normalized spacial score (nSPS) is 15.9. The van der Waals surface area contributed by atoms with Gasteiger partial charge in [0.05, 0.1) is 12.7 Å². The van der Waals surface area contributed by atoms with Gasteiger partial charge in [0.25, 0.3) is 0 Å². The van der Waals surface area contributed by atoms with Crippen molar-refractivity contribution in [1.82, 2.24) is 9.80 Å². The van der Waals surface area contributed by atoms with E-state index in [1.165, 1.54) is 5.56 Å². The molecule has 0 radical (unpaired) electrons. The van der Waals surface area contributed by atoms with Crippen LogP contribution in [0.4, 0.5) is 0 Å². The lowest BCUT2D eigenvalue weighted by atomic mass is 10.1. The maximum Gasteiger partial charge on any atom is 0.335 e. The zero-order valence-electron chi connectivity index (χ0n) is 14.5. The highest BCUT2D eigenvalue weighted by Crippen LogP contribution is 2.20. The van der Waals surface area contributed by atoms with Crippen molar-refractivity contribution in [2.45, 2.75) is 13.1 Å². The Bertz CT molecular complexity index is 707. The quantitative estimate of drug-likeness (QED) is 0.876. The summed E-state index contributed by atoms with van der Waals surface area (Å²) in [5, 5.41) is 8.96. The van der Waals surface area contributed by atoms with E-state index in [-0.39, 0.29) is 0 Å². The molecule has 0 spiro atoms. The third-order valence-corrected chi connectivity index (χ3v) is 4.66. The van der Waals surface area contributed by atoms with E-state index in [9.17, 15) is 4.79 Å². The Kier molecular flexibility index (Phi) is 5.68. The molecule has 2 aromatic rings. The van der Waals surface area contributed by atoms with Crippen LogP contribution in [-0.4, -0.2) is 54.2 Å². The highest BCUT2D eigenvalue weighted by Gasteiger charge is 2.18. The molecule has 1 heterocycles. The minimum atomic E-state index is -0.878. The van der Waals surface area contributed by atoms with E-state index in [1.54, 1.807) is 19.2 Å². The number of carboxylic acids is 1. The lowest BCUT2D eigenvalue weighted by molar-refractivity contribution is 0.0697. The molecule has 0 amide bonds. The van der Waals surface area contributed by atoms with Crippen LogP contribution in [0.1, 0.15) is 21.5 Å². The van der Waals surface area contributed by atoms with E-state index in [0.717, 1.165) is 50.6 Å². The summed E-state index contributed by atoms with van der Waals surface area (Å²) in [6, 6.07) is 15.3. The van der Waals surface area contributed by atoms with Crippen LogP contribution in [0.2, 0.25) is 0 Å². The van der Waals surface area contributed by atoms with Crippen LogP contribution < -0.4 is 4.74 Å². The summed E-state index contributed by atoms with van der Waals surface area (Å²) >= 11 is 0. The molecule has 25 heavy (non-hydrogen) atoms. The van der Waals surface area contributed by atoms with Crippen LogP contribution in [-0.2, 0) is 13.1 Å². The molecule has 5 nitrogen and oxygen atoms in total. The van der Waals surface area contributed by atoms with Crippen LogP contribution in [0.3, 0.4) is 0 Å². The monoisotopic (exact) mass is 340 g/mol. The number of carboxylic acid groups (broad SMARTS) is 1. The van der Waals surface area contributed by atoms with Crippen LogP contribution >= 0.6 is 0 Å². The summed E-state index contributed by atoms with van der Waals surface area (Å²) in [6.07, 6.45) is 0. The summed E-state index contributed by atoms with van der Waals surface area (Å²) in [6.45, 7) is 5.83. The van der Waals surface area contributed by atoms with Crippen molar-refractivity contribution in [3.8, 4) is 5.75 Å². The van der Waals surface area contributed by atoms with Gasteiger partial charge < -0.3 is 9.84 Å². The van der Waals surface area contributed by atoms with Crippen molar-refractivity contribution in [2.75, 3.05) is 33.3 Å². The van der Waals surface area contributed by atoms with Gasteiger partial charge in [0.15, 0.2) is 0 Å². The fourth-order valence-electron chi connectivity index (χ4n) is 3.19. The highest BCUT2D eigenvalue weighted by atomic mass is 16.5. The average molecular weight is 340 g/mol. The zero-order chi connectivity index (χ0) is 17.6. The number of aromatic carboxylic acids is 1. The molecule has 1 saturated heterocycles. The van der Waals surface area contributed by atoms with Gasteiger partial charge >= 0.3 is 5.97 Å². The second kappa shape index (κ2) is 8.14. The molecule has 0 saturated carbocycles. The van der Waals surface area contributed by atoms with Gasteiger partial charge in [-0.1, -0.05) is 30.3 Å². The Morgan fingerprint density at radius 2 is 1.56 bits per heavy atom. The predicted octanol–water partition coefficient (Wildman–Crippen LogP) is 2.71. The Labute approximate surface area is 148 Å². The summed E-state index contributed by atoms with van der Waals surface area (Å²) < 4.78 is 5.43. The van der Waals surface area contributed by atoms with Crippen molar-refractivity contribution in [1.29, 1.82) is 0 Å². The molecule has 1 aliphatic rings. The molecule has 1 aliphatic heterocycles. The first kappa shape index (κ1) is 17.5. The average Bonchev–Trinajstić information content (AvgIpc) is 2.64. The molecule has 0 unspecified atom stereocenters. The third-order valence-electron chi connectivity index (χ3n) is 4.66. The number of carbonyl (C=O) groups is 1. The summed E-state index contributed by atoms with van der Waals surface area (Å²) in [7, 11) is 1.71. The van der Waals surface area contributed by atoms with Gasteiger partial charge in [0, 0.05) is 44.8 Å². The van der Waals surface area contributed by atoms with Crippen molar-refractivity contribution in [3.63, 3.8) is 0 Å². The molecular weight excluding hydrogens is 316 g/mol. The molecule has 0 aromatic heterocycles. The number of nitrogens with zero attached hydrogens (tertiary/aromatic N) is 2. The first-order valence-electron chi connectivity index (χ1n) is 8.54. The van der Waals surface area contributed by atoms with Gasteiger partial charge in [-0.3, -0.25) is 9.80 Å². The second-order valence-corrected chi connectivity index (χ2v) is 6.37. The fraction of sp³-hybridized carbons (Fsp3) is 0.350. The van der Waals surface area contributed by atoms with Gasteiger partial charge in [0.1, 0.15) is 5.75 Å². The van der Waals surface area contributed by atoms with E-state index in [2.05, 4.69) is 21.9 Å². The second-order valence-electron chi connectivity index (χ2n) is 6.37. The standard InChI is InChI=1S/C20H24N2O3/c1-25-19-5-3-2-4-18(19)15-22-12-10-21(11-13-22)14-16-6-8-17(9-7-16)20(23)24/h2-9H,10-15H2,1H3,(H,23,24). The molecule has 1 N–H and O–H groups in total. The molecule has 1 fully saturated rings. The van der Waals surface area contributed by atoms with Crippen LogP contribution in [0.15, 0.2) is 48.5 Å². The van der Waals surface area contributed by atoms with Gasteiger partial charge in [-0.15, -0.1) is 0 Å². The number of hydrogen-bond acceptors (Lipinski definition) is 4. The van der Waals surface area contributed by atoms with E-state index in [4.69, 9.17) is 9.84 Å². The summed E-state index contributed by atoms with van der Waals surface area (Å²) in [4.78, 5) is 15.8. The lowest BCUT2D eigenvalue weighted by Crippen LogP contribution is -2.45. The Hall–Kier alpha value is -2.37. The molecule has 2 aromatic carbocycles. The van der Waals surface area contributed by atoms with E-state index in [0.29, 0.717) is 5.56 Å². The maximum atomic E-state index is 10.9. The molecule has 132 valence electrons. The number of piperazine rings is 1. The minimum Gasteiger partial charge on any atom is -0.496 e. The summed E-state index contributed by atoms with van der Waals surface area (Å²) in [5.41, 5.74) is 2.72. The Balaban J connectivity index is 1.51. The van der Waals surface area contributed by atoms with Gasteiger partial charge in [-0.2, -0.15) is 0 Å². The smallest absolute Gasteiger partial charge is 0.335 e. The number of hydrogen-bond donors (Lipinski definition) is 1. The first-order chi connectivity index (χ1) is 12.2. The summed E-state index contributed by atoms with van der Waals surface area (Å²) in [5.74, 6) is 0.0694. The maximum absolute atomic E-state index is 10.9. The fourth-order valence-corrected chi connectivity index (χ4v) is 3.19. The van der Waals surface area contributed by atoms with Gasteiger partial charge in [-0.25, -0.2) is 4.79 Å². The van der Waals surface area contributed by atoms with Crippen molar-refractivity contribution in [2.24, 2.45) is 0 Å². The van der Waals surface area contributed by atoms with Gasteiger partial charge in [-0.05, 0) is 23.8 Å². The molecule has 0 aliphatic carbocycles. The van der Waals surface area contributed by atoms with E-state index in [1.807, 2.05) is 24.3 Å². The Morgan fingerprint density at radius 3 is 2.16 bits per heavy atom. The molecule has 0 bridgehead atoms. The van der Waals surface area contributed by atoms with Crippen molar-refractivity contribution >= 4 is 5.97 Å². The van der Waals surface area contributed by atoms with E-state index < -0.39 is 5.97 Å². The molecule has 5 heteroatoms. The molecular formula is C20H24N2O3. The van der Waals surface area contributed by atoms with Crippen LogP contribution in [0.5, 0.6) is 5.75 Å². The number of para-hydroxylation sites is 1. The predicted molar refractivity (Wildman–Crippen MR) is 96.9 cm³/mol. The van der Waals surface area contributed by atoms with Crippen molar-refractivity contribution < 1.29 is 14.6 Å². The van der Waals surface area contributed by atoms with E-state index >= 15 is 0 Å². The van der Waals surface area contributed by atoms with Gasteiger partial charge in [0.2, 0.25) is 0 Å². The topological polar surface area (TPSA) is 53.0 Å². The largest absolute Gasteiger partial charge is 0.496 e. The Morgan fingerprint density at radius 1 is 0.960 bits per heavy atom. The number of rotatable bonds is 6. The van der Waals surface area contributed by atoms with Crippen molar-refractivity contribution in [3.05, 3.63) is 65.2 Å². The SMILES string of the molecule is COc1ccccc1CN1CCN(Cc2ccc(C(=O)O)cc2)CC1. The minimum absolute atomic E-state index is 0.338. The van der Waals surface area contributed by atoms with Crippen LogP contribution in [0.25, 0.3) is 0 Å². The molecule has 0 atom stereocenters. The number of ether oxygens (including phenoxy) is 1. The first-order valence-corrected chi connectivity index (χ1v) is 8.54. The number of methoxy groups -OCH3 is 1. The zero-order valence-corrected chi connectivity index (χ0v) is 14.5.